The first-order chi connectivity index (χ1) is 6.65. The third kappa shape index (κ3) is 2.55. The molecule has 0 amide bonds. The number of halogens is 1. The normalized spacial score (nSPS) is 9.93. The lowest BCUT2D eigenvalue weighted by Gasteiger charge is -2.16. The summed E-state index contributed by atoms with van der Waals surface area (Å²) in [6, 6.07) is 4.65. The van der Waals surface area contributed by atoms with Crippen molar-refractivity contribution < 1.29 is 9.18 Å². The van der Waals surface area contributed by atoms with Crippen LogP contribution < -0.4 is 4.90 Å². The fourth-order valence-corrected chi connectivity index (χ4v) is 1.41. The van der Waals surface area contributed by atoms with Crippen molar-refractivity contribution in [2.75, 3.05) is 19.0 Å². The van der Waals surface area contributed by atoms with Crippen LogP contribution in [-0.4, -0.2) is 20.4 Å². The summed E-state index contributed by atoms with van der Waals surface area (Å²) in [4.78, 5) is 12.2. The van der Waals surface area contributed by atoms with E-state index in [1.54, 1.807) is 6.07 Å². The summed E-state index contributed by atoms with van der Waals surface area (Å²) in [6.45, 7) is 0. The number of anilines is 1. The van der Waals surface area contributed by atoms with Crippen LogP contribution in [0.1, 0.15) is 12.0 Å². The van der Waals surface area contributed by atoms with Gasteiger partial charge >= 0.3 is 0 Å². The van der Waals surface area contributed by atoms with Gasteiger partial charge in [-0.1, -0.05) is 0 Å². The lowest BCUT2D eigenvalue weighted by Crippen LogP contribution is -2.11. The van der Waals surface area contributed by atoms with Crippen molar-refractivity contribution in [1.82, 2.24) is 0 Å². The number of carbonyl (C=O) groups excluding carboxylic acids is 1. The van der Waals surface area contributed by atoms with E-state index < -0.39 is 0 Å². The summed E-state index contributed by atoms with van der Waals surface area (Å²) in [7, 11) is 3.80. The number of hydrogen-bond donors (Lipinski definition) is 0. The topological polar surface area (TPSA) is 20.3 Å². The van der Waals surface area contributed by atoms with Gasteiger partial charge in [-0.25, -0.2) is 4.39 Å². The molecule has 0 bridgehead atoms. The lowest BCUT2D eigenvalue weighted by atomic mass is 10.1. The van der Waals surface area contributed by atoms with E-state index in [1.807, 2.05) is 19.0 Å². The third-order valence-electron chi connectivity index (χ3n) is 2.05. The maximum atomic E-state index is 12.9. The number of aryl methyl sites for hydroxylation is 1. The average molecular weight is 195 g/mol. The lowest BCUT2D eigenvalue weighted by molar-refractivity contribution is -0.107. The van der Waals surface area contributed by atoms with Gasteiger partial charge in [-0.15, -0.1) is 0 Å². The molecule has 0 aliphatic rings. The zero-order valence-corrected chi connectivity index (χ0v) is 8.46. The Morgan fingerprint density at radius 3 is 2.71 bits per heavy atom. The maximum absolute atomic E-state index is 12.9. The number of carbonyl (C=O) groups is 1. The van der Waals surface area contributed by atoms with Crippen LogP contribution in [-0.2, 0) is 11.2 Å². The SMILES string of the molecule is CN(C)c1ccc(F)cc1CCC=O. The molecule has 0 aliphatic heterocycles. The number of rotatable bonds is 4. The van der Waals surface area contributed by atoms with Crippen LogP contribution >= 0.6 is 0 Å². The summed E-state index contributed by atoms with van der Waals surface area (Å²) in [5, 5.41) is 0. The van der Waals surface area contributed by atoms with Gasteiger partial charge in [0.1, 0.15) is 12.1 Å². The van der Waals surface area contributed by atoms with Gasteiger partial charge in [0.05, 0.1) is 0 Å². The van der Waals surface area contributed by atoms with Crippen LogP contribution in [0, 0.1) is 5.82 Å². The molecule has 0 spiro atoms. The smallest absolute Gasteiger partial charge is 0.123 e. The molecule has 1 aromatic rings. The third-order valence-corrected chi connectivity index (χ3v) is 2.05. The molecule has 1 aromatic carbocycles. The first kappa shape index (κ1) is 10.7. The number of aldehydes is 1. The van der Waals surface area contributed by atoms with Gasteiger partial charge in [0, 0.05) is 26.2 Å². The minimum absolute atomic E-state index is 0.253. The van der Waals surface area contributed by atoms with E-state index in [4.69, 9.17) is 0 Å². The fourth-order valence-electron chi connectivity index (χ4n) is 1.41. The Bertz CT molecular complexity index is 323. The Hall–Kier alpha value is -1.38. The molecule has 0 saturated heterocycles. The van der Waals surface area contributed by atoms with Crippen molar-refractivity contribution in [3.63, 3.8) is 0 Å². The van der Waals surface area contributed by atoms with E-state index in [-0.39, 0.29) is 5.82 Å². The van der Waals surface area contributed by atoms with Crippen LogP contribution in [0.25, 0.3) is 0 Å². The molecule has 0 unspecified atom stereocenters. The molecule has 2 nitrogen and oxygen atoms in total. The first-order valence-corrected chi connectivity index (χ1v) is 4.54. The minimum atomic E-state index is -0.253. The van der Waals surface area contributed by atoms with Gasteiger partial charge in [0.25, 0.3) is 0 Å². The van der Waals surface area contributed by atoms with E-state index in [0.717, 1.165) is 17.5 Å². The highest BCUT2D eigenvalue weighted by atomic mass is 19.1. The van der Waals surface area contributed by atoms with Gasteiger partial charge in [0.2, 0.25) is 0 Å². The molecule has 0 saturated carbocycles. The molecule has 14 heavy (non-hydrogen) atoms. The molecule has 76 valence electrons. The van der Waals surface area contributed by atoms with E-state index >= 15 is 0 Å². The predicted molar refractivity (Wildman–Crippen MR) is 55.1 cm³/mol. The number of nitrogens with zero attached hydrogens (tertiary/aromatic N) is 1. The highest BCUT2D eigenvalue weighted by Crippen LogP contribution is 2.20. The molecule has 0 radical (unpaired) electrons. The van der Waals surface area contributed by atoms with Crippen LogP contribution in [0.5, 0.6) is 0 Å². The quantitative estimate of drug-likeness (QED) is 0.685. The Kier molecular flexibility index (Phi) is 3.63. The average Bonchev–Trinajstić information content (AvgIpc) is 2.14. The molecule has 1 rings (SSSR count). The van der Waals surface area contributed by atoms with Crippen LogP contribution in [0.15, 0.2) is 18.2 Å². The van der Waals surface area contributed by atoms with Crippen molar-refractivity contribution in [1.29, 1.82) is 0 Å². The second kappa shape index (κ2) is 4.74. The maximum Gasteiger partial charge on any atom is 0.123 e. The molecule has 0 aromatic heterocycles. The Labute approximate surface area is 83.3 Å². The first-order valence-electron chi connectivity index (χ1n) is 4.54. The van der Waals surface area contributed by atoms with Crippen LogP contribution in [0.3, 0.4) is 0 Å². The summed E-state index contributed by atoms with van der Waals surface area (Å²) in [5.41, 5.74) is 1.84. The molecule has 3 heteroatoms. The summed E-state index contributed by atoms with van der Waals surface area (Å²) < 4.78 is 12.9. The van der Waals surface area contributed by atoms with Crippen LogP contribution in [0.2, 0.25) is 0 Å². The van der Waals surface area contributed by atoms with Crippen LogP contribution in [0.4, 0.5) is 10.1 Å². The molecular weight excluding hydrogens is 181 g/mol. The molecule has 0 atom stereocenters. The van der Waals surface area contributed by atoms with E-state index in [2.05, 4.69) is 0 Å². The predicted octanol–water partition coefficient (Wildman–Crippen LogP) is 2.02. The molecule has 0 fully saturated rings. The van der Waals surface area contributed by atoms with E-state index in [0.29, 0.717) is 12.8 Å². The summed E-state index contributed by atoms with van der Waals surface area (Å²) in [5.74, 6) is -0.253. The molecule has 0 N–H and O–H groups in total. The van der Waals surface area contributed by atoms with Crippen molar-refractivity contribution in [2.45, 2.75) is 12.8 Å². The van der Waals surface area contributed by atoms with Gasteiger partial charge in [-0.2, -0.15) is 0 Å². The fraction of sp³-hybridized carbons (Fsp3) is 0.364. The Morgan fingerprint density at radius 1 is 1.43 bits per heavy atom. The largest absolute Gasteiger partial charge is 0.377 e. The molecule has 0 heterocycles. The summed E-state index contributed by atoms with van der Waals surface area (Å²) in [6.07, 6.45) is 1.88. The van der Waals surface area contributed by atoms with Crippen molar-refractivity contribution in [2.24, 2.45) is 0 Å². The second-order valence-corrected chi connectivity index (χ2v) is 3.37. The molecule has 0 aliphatic carbocycles. The number of hydrogen-bond acceptors (Lipinski definition) is 2. The van der Waals surface area contributed by atoms with Gasteiger partial charge in [0.15, 0.2) is 0 Å². The Morgan fingerprint density at radius 2 is 2.14 bits per heavy atom. The second-order valence-electron chi connectivity index (χ2n) is 3.37. The van der Waals surface area contributed by atoms with Gasteiger partial charge < -0.3 is 9.69 Å². The van der Waals surface area contributed by atoms with E-state index in [1.165, 1.54) is 12.1 Å². The summed E-state index contributed by atoms with van der Waals surface area (Å²) >= 11 is 0. The number of benzene rings is 1. The van der Waals surface area contributed by atoms with Gasteiger partial charge in [-0.05, 0) is 30.2 Å². The zero-order valence-electron chi connectivity index (χ0n) is 8.46. The van der Waals surface area contributed by atoms with Gasteiger partial charge in [-0.3, -0.25) is 0 Å². The Balaban J connectivity index is 2.96. The van der Waals surface area contributed by atoms with E-state index in [9.17, 15) is 9.18 Å². The van der Waals surface area contributed by atoms with Crippen molar-refractivity contribution in [3.05, 3.63) is 29.6 Å². The standard InChI is InChI=1S/C11H14FNO/c1-13(2)11-6-5-10(12)8-9(11)4-3-7-14/h5-8H,3-4H2,1-2H3. The highest BCUT2D eigenvalue weighted by Gasteiger charge is 2.05. The molecular formula is C11H14FNO. The monoisotopic (exact) mass is 195 g/mol. The van der Waals surface area contributed by atoms with Crippen molar-refractivity contribution >= 4 is 12.0 Å². The minimum Gasteiger partial charge on any atom is -0.377 e. The highest BCUT2D eigenvalue weighted by molar-refractivity contribution is 5.56. The van der Waals surface area contributed by atoms with Crippen molar-refractivity contribution in [3.8, 4) is 0 Å². The zero-order chi connectivity index (χ0) is 10.6.